The molecule has 1 aliphatic carbocycles. The Morgan fingerprint density at radius 2 is 2.33 bits per heavy atom. The lowest BCUT2D eigenvalue weighted by Crippen LogP contribution is -2.20. The van der Waals surface area contributed by atoms with Gasteiger partial charge in [-0.2, -0.15) is 0 Å². The van der Waals surface area contributed by atoms with Crippen LogP contribution < -0.4 is 9.98 Å². The van der Waals surface area contributed by atoms with E-state index in [1.54, 1.807) is 0 Å². The largest absolute Gasteiger partial charge is 0.820 e. The summed E-state index contributed by atoms with van der Waals surface area (Å²) in [5.41, 5.74) is 0. The second-order valence-corrected chi connectivity index (χ2v) is 3.35. The van der Waals surface area contributed by atoms with Crippen molar-refractivity contribution in [2.75, 3.05) is 0 Å². The predicted octanol–water partition coefficient (Wildman–Crippen LogP) is 0.633. The zero-order valence-corrected chi connectivity index (χ0v) is 6.68. The van der Waals surface area contributed by atoms with Crippen LogP contribution in [0.15, 0.2) is 0 Å². The lowest BCUT2D eigenvalue weighted by molar-refractivity contribution is -0.153. The van der Waals surface area contributed by atoms with E-state index in [0.29, 0.717) is 6.04 Å². The van der Waals surface area contributed by atoms with Crippen LogP contribution in [-0.2, 0) is 0 Å². The van der Waals surface area contributed by atoms with Crippen LogP contribution in [0, 0.1) is 5.92 Å². The summed E-state index contributed by atoms with van der Waals surface area (Å²) < 4.78 is 0. The third kappa shape index (κ3) is 2.21. The minimum absolute atomic E-state index is 0.319. The van der Waals surface area contributed by atoms with Crippen LogP contribution in [0.2, 0.25) is 0 Å². The minimum atomic E-state index is -0.319. The second kappa shape index (κ2) is 3.50. The summed E-state index contributed by atoms with van der Waals surface area (Å²) in [5, 5.41) is 2.95. The standard InChI is InChI=1S/C6H13NOP/c1-5-2-3-6(4-5)7-9-8/h5-7,9H,2-4H2,1H3/q-1. The molecule has 0 spiro atoms. The Balaban J connectivity index is 2.14. The van der Waals surface area contributed by atoms with Gasteiger partial charge in [-0.05, 0) is 25.2 Å². The van der Waals surface area contributed by atoms with Gasteiger partial charge in [0.05, 0.1) is 0 Å². The topological polar surface area (TPSA) is 35.1 Å². The molecule has 54 valence electrons. The first-order chi connectivity index (χ1) is 4.33. The van der Waals surface area contributed by atoms with Crippen LogP contribution in [0.5, 0.6) is 0 Å². The average Bonchev–Trinajstić information content (AvgIpc) is 2.17. The molecule has 0 aromatic heterocycles. The quantitative estimate of drug-likeness (QED) is 0.580. The Kier molecular flexibility index (Phi) is 2.90. The first kappa shape index (κ1) is 7.46. The summed E-state index contributed by atoms with van der Waals surface area (Å²) in [5.74, 6) is 0.832. The second-order valence-electron chi connectivity index (χ2n) is 2.86. The fourth-order valence-electron chi connectivity index (χ4n) is 1.42. The molecule has 1 N–H and O–H groups in total. The zero-order valence-electron chi connectivity index (χ0n) is 5.68. The maximum absolute atomic E-state index is 10.1. The third-order valence-corrected chi connectivity index (χ3v) is 2.48. The van der Waals surface area contributed by atoms with Gasteiger partial charge >= 0.3 is 0 Å². The van der Waals surface area contributed by atoms with Crippen molar-refractivity contribution in [3.8, 4) is 0 Å². The molecule has 0 aromatic carbocycles. The molecule has 1 fully saturated rings. The van der Waals surface area contributed by atoms with Gasteiger partial charge in [0.15, 0.2) is 0 Å². The van der Waals surface area contributed by atoms with Gasteiger partial charge in [0.25, 0.3) is 0 Å². The molecule has 0 saturated heterocycles. The number of hydrogen-bond donors (Lipinski definition) is 1. The monoisotopic (exact) mass is 146 g/mol. The molecule has 3 atom stereocenters. The lowest BCUT2D eigenvalue weighted by Gasteiger charge is -2.14. The lowest BCUT2D eigenvalue weighted by atomic mass is 10.1. The Labute approximate surface area is 58.0 Å². The Morgan fingerprint density at radius 3 is 2.78 bits per heavy atom. The van der Waals surface area contributed by atoms with E-state index in [2.05, 4.69) is 12.0 Å². The van der Waals surface area contributed by atoms with E-state index >= 15 is 0 Å². The van der Waals surface area contributed by atoms with Crippen LogP contribution in [-0.4, -0.2) is 6.04 Å². The normalized spacial score (nSPS) is 36.7. The van der Waals surface area contributed by atoms with E-state index in [9.17, 15) is 4.89 Å². The van der Waals surface area contributed by atoms with Crippen LogP contribution in [0.3, 0.4) is 0 Å². The Hall–Kier alpha value is 0.350. The molecule has 1 rings (SSSR count). The molecule has 2 nitrogen and oxygen atoms in total. The van der Waals surface area contributed by atoms with Crippen molar-refractivity contribution in [1.29, 1.82) is 0 Å². The van der Waals surface area contributed by atoms with E-state index in [-0.39, 0.29) is 8.96 Å². The van der Waals surface area contributed by atoms with Crippen LogP contribution in [0.4, 0.5) is 0 Å². The van der Waals surface area contributed by atoms with Crippen molar-refractivity contribution in [2.24, 2.45) is 5.92 Å². The molecule has 1 aliphatic rings. The van der Waals surface area contributed by atoms with Gasteiger partial charge in [0.2, 0.25) is 0 Å². The van der Waals surface area contributed by atoms with Crippen molar-refractivity contribution in [1.82, 2.24) is 5.09 Å². The van der Waals surface area contributed by atoms with Crippen molar-refractivity contribution in [3.05, 3.63) is 0 Å². The van der Waals surface area contributed by atoms with E-state index in [1.807, 2.05) is 0 Å². The highest BCUT2D eigenvalue weighted by Crippen LogP contribution is 2.25. The van der Waals surface area contributed by atoms with Gasteiger partial charge in [-0.1, -0.05) is 6.92 Å². The van der Waals surface area contributed by atoms with Gasteiger partial charge < -0.3 is 9.98 Å². The molecule has 3 unspecified atom stereocenters. The van der Waals surface area contributed by atoms with Gasteiger partial charge in [0.1, 0.15) is 0 Å². The molecule has 0 bridgehead atoms. The Bertz CT molecular complexity index is 87.1. The summed E-state index contributed by atoms with van der Waals surface area (Å²) in [4.78, 5) is 10.1. The summed E-state index contributed by atoms with van der Waals surface area (Å²) in [6.45, 7) is 2.25. The third-order valence-electron chi connectivity index (χ3n) is 1.96. The maximum atomic E-state index is 10.1. The molecular formula is C6H13NOP-. The number of hydrogen-bond acceptors (Lipinski definition) is 2. The minimum Gasteiger partial charge on any atom is -0.820 e. The predicted molar refractivity (Wildman–Crippen MR) is 38.3 cm³/mol. The molecule has 0 heterocycles. The smallest absolute Gasteiger partial charge is 0.00913 e. The van der Waals surface area contributed by atoms with Crippen molar-refractivity contribution < 1.29 is 4.89 Å². The van der Waals surface area contributed by atoms with Crippen LogP contribution in [0.25, 0.3) is 0 Å². The SMILES string of the molecule is CC1CCC(NP[O-])C1. The number of rotatable bonds is 2. The summed E-state index contributed by atoms with van der Waals surface area (Å²) in [6.07, 6.45) is 3.70. The molecule has 0 radical (unpaired) electrons. The highest BCUT2D eigenvalue weighted by Gasteiger charge is 2.18. The fraction of sp³-hybridized carbons (Fsp3) is 1.00. The average molecular weight is 146 g/mol. The molecule has 0 aliphatic heterocycles. The van der Waals surface area contributed by atoms with Crippen LogP contribution >= 0.6 is 8.96 Å². The first-order valence-electron chi connectivity index (χ1n) is 3.45. The van der Waals surface area contributed by atoms with E-state index in [4.69, 9.17) is 0 Å². The molecule has 1 saturated carbocycles. The highest BCUT2D eigenvalue weighted by molar-refractivity contribution is 7.26. The van der Waals surface area contributed by atoms with Gasteiger partial charge in [-0.15, -0.1) is 8.96 Å². The van der Waals surface area contributed by atoms with Gasteiger partial charge in [-0.25, -0.2) is 0 Å². The van der Waals surface area contributed by atoms with Crippen molar-refractivity contribution in [2.45, 2.75) is 32.2 Å². The van der Waals surface area contributed by atoms with Crippen molar-refractivity contribution in [3.63, 3.8) is 0 Å². The van der Waals surface area contributed by atoms with Crippen LogP contribution in [0.1, 0.15) is 26.2 Å². The molecular weight excluding hydrogens is 133 g/mol. The van der Waals surface area contributed by atoms with Crippen molar-refractivity contribution >= 4 is 8.96 Å². The molecule has 0 aromatic rings. The van der Waals surface area contributed by atoms with E-state index < -0.39 is 0 Å². The van der Waals surface area contributed by atoms with Gasteiger partial charge in [0, 0.05) is 6.04 Å². The fourth-order valence-corrected chi connectivity index (χ4v) is 1.85. The van der Waals surface area contributed by atoms with E-state index in [1.165, 1.54) is 19.3 Å². The molecule has 0 amide bonds. The highest BCUT2D eigenvalue weighted by atomic mass is 31.1. The van der Waals surface area contributed by atoms with Gasteiger partial charge in [-0.3, -0.25) is 0 Å². The maximum Gasteiger partial charge on any atom is 0.00913 e. The first-order valence-corrected chi connectivity index (χ1v) is 4.36. The van der Waals surface area contributed by atoms with E-state index in [0.717, 1.165) is 5.92 Å². The number of nitrogens with one attached hydrogen (secondary N) is 1. The molecule has 3 heteroatoms. The Morgan fingerprint density at radius 1 is 1.56 bits per heavy atom. The summed E-state index contributed by atoms with van der Waals surface area (Å²) in [6, 6.07) is 0.538. The summed E-state index contributed by atoms with van der Waals surface area (Å²) in [7, 11) is -0.319. The zero-order chi connectivity index (χ0) is 6.69. The molecule has 9 heavy (non-hydrogen) atoms. The summed E-state index contributed by atoms with van der Waals surface area (Å²) >= 11 is 0.